The summed E-state index contributed by atoms with van der Waals surface area (Å²) in [5.74, 6) is -0.684. The van der Waals surface area contributed by atoms with Crippen molar-refractivity contribution in [3.8, 4) is 0 Å². The van der Waals surface area contributed by atoms with Crippen molar-refractivity contribution in [2.45, 2.75) is 52.7 Å². The Balaban J connectivity index is 2.27. The van der Waals surface area contributed by atoms with Crippen molar-refractivity contribution >= 4 is 23.6 Å². The van der Waals surface area contributed by atoms with Crippen molar-refractivity contribution in [1.29, 1.82) is 0 Å². The molecule has 2 aromatic rings. The number of hydrogen-bond acceptors (Lipinski definition) is 4. The van der Waals surface area contributed by atoms with Gasteiger partial charge < -0.3 is 20.3 Å². The van der Waals surface area contributed by atoms with Crippen LogP contribution in [0, 0.1) is 6.92 Å². The lowest BCUT2D eigenvalue weighted by Crippen LogP contribution is -2.46. The summed E-state index contributed by atoms with van der Waals surface area (Å²) >= 11 is 0. The summed E-state index contributed by atoms with van der Waals surface area (Å²) < 4.78 is 5.21. The summed E-state index contributed by atoms with van der Waals surface area (Å²) in [6.45, 7) is 9.18. The number of aryl methyl sites for hydroxylation is 1. The molecule has 0 spiro atoms. The van der Waals surface area contributed by atoms with Crippen LogP contribution in [0.1, 0.15) is 51.3 Å². The Hall–Kier alpha value is -3.35. The number of carbonyl (C=O) groups excluding carboxylic acids is 3. The van der Waals surface area contributed by atoms with Gasteiger partial charge in [0.15, 0.2) is 0 Å². The molecular formula is C25H33N3O4. The molecule has 0 heterocycles. The SMILES string of the molecule is CCCN(C(=O)CNC(=O)OC(C)(C)C)C(C(=O)Nc1ccccc1C)c1ccccc1. The highest BCUT2D eigenvalue weighted by molar-refractivity contribution is 5.98. The van der Waals surface area contributed by atoms with Gasteiger partial charge in [0.1, 0.15) is 18.2 Å². The molecule has 0 saturated carbocycles. The second-order valence-electron chi connectivity index (χ2n) is 8.56. The molecule has 32 heavy (non-hydrogen) atoms. The molecule has 7 nitrogen and oxygen atoms in total. The first kappa shape index (κ1) is 24.9. The zero-order valence-corrected chi connectivity index (χ0v) is 19.5. The number of rotatable bonds is 8. The van der Waals surface area contributed by atoms with Crippen LogP contribution in [0.5, 0.6) is 0 Å². The van der Waals surface area contributed by atoms with Gasteiger partial charge in [-0.3, -0.25) is 9.59 Å². The Morgan fingerprint density at radius 2 is 1.62 bits per heavy atom. The average molecular weight is 440 g/mol. The lowest BCUT2D eigenvalue weighted by molar-refractivity contribution is -0.138. The summed E-state index contributed by atoms with van der Waals surface area (Å²) in [5.41, 5.74) is 1.63. The van der Waals surface area contributed by atoms with E-state index in [0.29, 0.717) is 24.2 Å². The highest BCUT2D eigenvalue weighted by atomic mass is 16.6. The van der Waals surface area contributed by atoms with E-state index in [1.165, 1.54) is 4.90 Å². The Morgan fingerprint density at radius 1 is 1.00 bits per heavy atom. The molecule has 1 atom stereocenters. The summed E-state index contributed by atoms with van der Waals surface area (Å²) in [6, 6.07) is 15.8. The zero-order valence-electron chi connectivity index (χ0n) is 19.5. The summed E-state index contributed by atoms with van der Waals surface area (Å²) in [6.07, 6.45) is -0.0259. The van der Waals surface area contributed by atoms with E-state index in [-0.39, 0.29) is 18.4 Å². The number of amides is 3. The Morgan fingerprint density at radius 3 is 2.22 bits per heavy atom. The van der Waals surface area contributed by atoms with Crippen LogP contribution in [-0.2, 0) is 14.3 Å². The quantitative estimate of drug-likeness (QED) is 0.637. The van der Waals surface area contributed by atoms with Crippen molar-refractivity contribution < 1.29 is 19.1 Å². The molecule has 1 unspecified atom stereocenters. The molecule has 0 aliphatic rings. The fourth-order valence-corrected chi connectivity index (χ4v) is 3.22. The molecule has 0 saturated heterocycles. The third-order valence-corrected chi connectivity index (χ3v) is 4.65. The lowest BCUT2D eigenvalue weighted by Gasteiger charge is -2.31. The number of nitrogens with one attached hydrogen (secondary N) is 2. The molecule has 172 valence electrons. The van der Waals surface area contributed by atoms with E-state index < -0.39 is 17.7 Å². The van der Waals surface area contributed by atoms with Crippen LogP contribution in [0.3, 0.4) is 0 Å². The minimum Gasteiger partial charge on any atom is -0.444 e. The molecule has 3 amide bonds. The highest BCUT2D eigenvalue weighted by Gasteiger charge is 2.31. The monoisotopic (exact) mass is 439 g/mol. The third kappa shape index (κ3) is 7.41. The van der Waals surface area contributed by atoms with Gasteiger partial charge in [0, 0.05) is 12.2 Å². The lowest BCUT2D eigenvalue weighted by atomic mass is 10.0. The number of carbonyl (C=O) groups is 3. The molecule has 0 aliphatic heterocycles. The summed E-state index contributed by atoms with van der Waals surface area (Å²) in [7, 11) is 0. The van der Waals surface area contributed by atoms with Crippen LogP contribution in [0.4, 0.5) is 10.5 Å². The molecule has 2 rings (SSSR count). The van der Waals surface area contributed by atoms with Gasteiger partial charge in [-0.2, -0.15) is 0 Å². The van der Waals surface area contributed by atoms with Crippen LogP contribution in [-0.4, -0.2) is 41.5 Å². The predicted molar refractivity (Wildman–Crippen MR) is 125 cm³/mol. The number of benzene rings is 2. The number of ether oxygens (including phenoxy) is 1. The van der Waals surface area contributed by atoms with Gasteiger partial charge in [-0.25, -0.2) is 4.79 Å². The van der Waals surface area contributed by atoms with E-state index in [4.69, 9.17) is 4.74 Å². The number of hydrogen-bond donors (Lipinski definition) is 2. The van der Waals surface area contributed by atoms with Gasteiger partial charge in [-0.15, -0.1) is 0 Å². The second-order valence-corrected chi connectivity index (χ2v) is 8.56. The van der Waals surface area contributed by atoms with Crippen LogP contribution < -0.4 is 10.6 Å². The van der Waals surface area contributed by atoms with Gasteiger partial charge in [-0.1, -0.05) is 55.5 Å². The predicted octanol–water partition coefficient (Wildman–Crippen LogP) is 4.44. The third-order valence-electron chi connectivity index (χ3n) is 4.65. The fourth-order valence-electron chi connectivity index (χ4n) is 3.22. The minimum atomic E-state index is -0.844. The van der Waals surface area contributed by atoms with Gasteiger partial charge in [0.05, 0.1) is 0 Å². The van der Waals surface area contributed by atoms with Gasteiger partial charge in [0.2, 0.25) is 5.91 Å². The van der Waals surface area contributed by atoms with E-state index in [9.17, 15) is 14.4 Å². The van der Waals surface area contributed by atoms with Crippen molar-refractivity contribution in [3.63, 3.8) is 0 Å². The van der Waals surface area contributed by atoms with Gasteiger partial charge >= 0.3 is 6.09 Å². The van der Waals surface area contributed by atoms with E-state index >= 15 is 0 Å². The molecule has 0 aliphatic carbocycles. The first-order valence-electron chi connectivity index (χ1n) is 10.8. The molecule has 0 bridgehead atoms. The molecular weight excluding hydrogens is 406 g/mol. The second kappa shape index (κ2) is 11.3. The maximum Gasteiger partial charge on any atom is 0.408 e. The highest BCUT2D eigenvalue weighted by Crippen LogP contribution is 2.24. The van der Waals surface area contributed by atoms with Crippen molar-refractivity contribution in [3.05, 3.63) is 65.7 Å². The fraction of sp³-hybridized carbons (Fsp3) is 0.400. The molecule has 0 fully saturated rings. The van der Waals surface area contributed by atoms with Crippen LogP contribution in [0.25, 0.3) is 0 Å². The van der Waals surface area contributed by atoms with E-state index in [2.05, 4.69) is 10.6 Å². The Bertz CT molecular complexity index is 922. The van der Waals surface area contributed by atoms with E-state index in [0.717, 1.165) is 5.56 Å². The van der Waals surface area contributed by atoms with Crippen LogP contribution in [0.2, 0.25) is 0 Å². The Kier molecular flexibility index (Phi) is 8.81. The minimum absolute atomic E-state index is 0.268. The maximum absolute atomic E-state index is 13.4. The van der Waals surface area contributed by atoms with Gasteiger partial charge in [0.25, 0.3) is 5.91 Å². The Labute approximate surface area is 190 Å². The van der Waals surface area contributed by atoms with E-state index in [1.54, 1.807) is 20.8 Å². The molecule has 0 aromatic heterocycles. The number of para-hydroxylation sites is 1. The summed E-state index contributed by atoms with van der Waals surface area (Å²) in [4.78, 5) is 40.0. The van der Waals surface area contributed by atoms with Crippen molar-refractivity contribution in [2.24, 2.45) is 0 Å². The number of anilines is 1. The van der Waals surface area contributed by atoms with E-state index in [1.807, 2.05) is 68.4 Å². The van der Waals surface area contributed by atoms with Crippen molar-refractivity contribution in [1.82, 2.24) is 10.2 Å². The summed E-state index contributed by atoms with van der Waals surface area (Å²) in [5, 5.41) is 5.45. The molecule has 2 aromatic carbocycles. The first-order chi connectivity index (χ1) is 15.1. The van der Waals surface area contributed by atoms with Crippen LogP contribution in [0.15, 0.2) is 54.6 Å². The maximum atomic E-state index is 13.4. The standard InChI is InChI=1S/C25H33N3O4/c1-6-16-28(21(29)17-26-24(31)32-25(3,4)5)22(19-13-8-7-9-14-19)23(30)27-20-15-11-10-12-18(20)2/h7-15,22H,6,16-17H2,1-5H3,(H,26,31)(H,27,30). The normalized spacial score (nSPS) is 11.9. The molecule has 7 heteroatoms. The topological polar surface area (TPSA) is 87.7 Å². The smallest absolute Gasteiger partial charge is 0.408 e. The van der Waals surface area contributed by atoms with Crippen LogP contribution >= 0.6 is 0 Å². The average Bonchev–Trinajstić information content (AvgIpc) is 2.73. The first-order valence-corrected chi connectivity index (χ1v) is 10.8. The number of nitrogens with zero attached hydrogens (tertiary/aromatic N) is 1. The van der Waals surface area contributed by atoms with Crippen molar-refractivity contribution in [2.75, 3.05) is 18.4 Å². The molecule has 2 N–H and O–H groups in total. The zero-order chi connectivity index (χ0) is 23.7. The largest absolute Gasteiger partial charge is 0.444 e. The number of alkyl carbamates (subject to hydrolysis) is 1. The van der Waals surface area contributed by atoms with Gasteiger partial charge in [-0.05, 0) is 51.3 Å². The molecule has 0 radical (unpaired) electrons.